The van der Waals surface area contributed by atoms with E-state index in [0.29, 0.717) is 13.1 Å². The summed E-state index contributed by atoms with van der Waals surface area (Å²) in [7, 11) is 3.99. The fourth-order valence-electron chi connectivity index (χ4n) is 3.65. The summed E-state index contributed by atoms with van der Waals surface area (Å²) >= 11 is 0. The second-order valence-electron chi connectivity index (χ2n) is 8.51. The van der Waals surface area contributed by atoms with Crippen LogP contribution in [0.2, 0.25) is 0 Å². The fraction of sp³-hybridized carbons (Fsp3) is 0.636. The van der Waals surface area contributed by atoms with Crippen molar-refractivity contribution in [2.24, 2.45) is 11.8 Å². The number of carbonyl (C=O) groups is 2. The number of nitrogens with one attached hydrogen (secondary N) is 1. The zero-order valence-corrected chi connectivity index (χ0v) is 17.5. The van der Waals surface area contributed by atoms with Gasteiger partial charge in [0.2, 0.25) is 11.8 Å². The van der Waals surface area contributed by atoms with Crippen molar-refractivity contribution < 1.29 is 14.3 Å². The minimum Gasteiger partial charge on any atom is -0.377 e. The van der Waals surface area contributed by atoms with Crippen LogP contribution < -0.4 is 10.2 Å². The molecular weight excluding hydrogens is 354 g/mol. The van der Waals surface area contributed by atoms with Crippen LogP contribution in [-0.4, -0.2) is 50.1 Å². The summed E-state index contributed by atoms with van der Waals surface area (Å²) in [6, 6.07) is 5.96. The lowest BCUT2D eigenvalue weighted by molar-refractivity contribution is -0.136. The van der Waals surface area contributed by atoms with Crippen LogP contribution >= 0.6 is 0 Å². The number of anilines is 2. The molecule has 1 aliphatic carbocycles. The average molecular weight is 388 g/mol. The molecule has 0 bridgehead atoms. The molecule has 0 unspecified atom stereocenters. The van der Waals surface area contributed by atoms with Gasteiger partial charge in [0.25, 0.3) is 0 Å². The smallest absolute Gasteiger partial charge is 0.227 e. The van der Waals surface area contributed by atoms with Crippen molar-refractivity contribution in [1.29, 1.82) is 0 Å². The summed E-state index contributed by atoms with van der Waals surface area (Å²) in [5, 5.41) is 3.02. The van der Waals surface area contributed by atoms with Crippen LogP contribution in [0.25, 0.3) is 0 Å². The van der Waals surface area contributed by atoms with Gasteiger partial charge in [-0.15, -0.1) is 0 Å². The number of rotatable bonds is 8. The maximum absolute atomic E-state index is 12.9. The van der Waals surface area contributed by atoms with Crippen LogP contribution in [0.3, 0.4) is 0 Å². The quantitative estimate of drug-likeness (QED) is 0.744. The Morgan fingerprint density at radius 2 is 1.96 bits per heavy atom. The maximum Gasteiger partial charge on any atom is 0.227 e. The summed E-state index contributed by atoms with van der Waals surface area (Å²) < 4.78 is 5.78. The van der Waals surface area contributed by atoms with Gasteiger partial charge >= 0.3 is 0 Å². The third kappa shape index (κ3) is 5.25. The summed E-state index contributed by atoms with van der Waals surface area (Å²) in [4.78, 5) is 29.0. The average Bonchev–Trinajstić information content (AvgIpc) is 3.38. The molecule has 1 aromatic rings. The molecule has 3 rings (SSSR count). The first-order valence-electron chi connectivity index (χ1n) is 10.4. The van der Waals surface area contributed by atoms with Gasteiger partial charge in [0, 0.05) is 57.0 Å². The lowest BCUT2D eigenvalue weighted by Crippen LogP contribution is -2.39. The van der Waals surface area contributed by atoms with E-state index in [1.807, 2.05) is 55.9 Å². The van der Waals surface area contributed by atoms with Gasteiger partial charge < -0.3 is 19.9 Å². The molecular formula is C22H33N3O3. The third-order valence-electron chi connectivity index (χ3n) is 5.39. The Hall–Kier alpha value is -2.08. The highest BCUT2D eigenvalue weighted by Gasteiger charge is 2.30. The number of hydrogen-bond acceptors (Lipinski definition) is 4. The number of hydrogen-bond donors (Lipinski definition) is 1. The highest BCUT2D eigenvalue weighted by atomic mass is 16.5. The van der Waals surface area contributed by atoms with Gasteiger partial charge in [-0.05, 0) is 49.4 Å². The molecule has 1 atom stereocenters. The molecule has 1 saturated carbocycles. The van der Waals surface area contributed by atoms with Gasteiger partial charge in [-0.3, -0.25) is 9.59 Å². The summed E-state index contributed by atoms with van der Waals surface area (Å²) in [5.41, 5.74) is 2.88. The minimum atomic E-state index is -0.0676. The van der Waals surface area contributed by atoms with Crippen molar-refractivity contribution in [3.8, 4) is 0 Å². The Kier molecular flexibility index (Phi) is 6.60. The van der Waals surface area contributed by atoms with Gasteiger partial charge in [-0.2, -0.15) is 0 Å². The highest BCUT2D eigenvalue weighted by Crippen LogP contribution is 2.31. The second-order valence-corrected chi connectivity index (χ2v) is 8.51. The molecule has 0 spiro atoms. The van der Waals surface area contributed by atoms with Gasteiger partial charge in [0.15, 0.2) is 0 Å². The molecule has 2 fully saturated rings. The molecule has 1 aliphatic heterocycles. The van der Waals surface area contributed by atoms with Gasteiger partial charge in [0.05, 0.1) is 6.10 Å². The van der Waals surface area contributed by atoms with E-state index in [4.69, 9.17) is 4.74 Å². The van der Waals surface area contributed by atoms with Crippen LogP contribution in [0, 0.1) is 11.8 Å². The number of carbonyl (C=O) groups excluding carboxylic acids is 2. The molecule has 2 aliphatic rings. The second kappa shape index (κ2) is 8.95. The van der Waals surface area contributed by atoms with E-state index >= 15 is 0 Å². The molecule has 0 aromatic heterocycles. The van der Waals surface area contributed by atoms with Crippen molar-refractivity contribution in [2.45, 2.75) is 52.2 Å². The van der Waals surface area contributed by atoms with Crippen LogP contribution in [0.15, 0.2) is 18.2 Å². The lowest BCUT2D eigenvalue weighted by atomic mass is 10.1. The van der Waals surface area contributed by atoms with E-state index < -0.39 is 0 Å². The predicted molar refractivity (Wildman–Crippen MR) is 111 cm³/mol. The van der Waals surface area contributed by atoms with E-state index in [2.05, 4.69) is 5.32 Å². The number of benzene rings is 1. The SMILES string of the molecule is CC(C)C(=O)N(Cc1cc(NC(=O)C2CC2)ccc1N(C)C)C[C@@H]1CCCO1. The van der Waals surface area contributed by atoms with Crippen LogP contribution in [0.1, 0.15) is 45.1 Å². The molecule has 6 nitrogen and oxygen atoms in total. The predicted octanol–water partition coefficient (Wildman–Crippen LogP) is 3.26. The molecule has 1 heterocycles. The maximum atomic E-state index is 12.9. The molecule has 0 radical (unpaired) electrons. The summed E-state index contributed by atoms with van der Waals surface area (Å²) in [6.45, 7) is 5.77. The van der Waals surface area contributed by atoms with E-state index in [-0.39, 0.29) is 29.8 Å². The first-order valence-corrected chi connectivity index (χ1v) is 10.4. The molecule has 1 aromatic carbocycles. The third-order valence-corrected chi connectivity index (χ3v) is 5.39. The largest absolute Gasteiger partial charge is 0.377 e. The molecule has 1 N–H and O–H groups in total. The van der Waals surface area contributed by atoms with E-state index in [9.17, 15) is 9.59 Å². The standard InChI is InChI=1S/C22H33N3O3/c1-15(2)22(27)25(14-19-6-5-11-28-19)13-17-12-18(9-10-20(17)24(3)4)23-21(26)16-7-8-16/h9-10,12,15-16,19H,5-8,11,13-14H2,1-4H3,(H,23,26)/t19-/m0/s1. The van der Waals surface area contributed by atoms with E-state index in [1.165, 1.54) is 0 Å². The van der Waals surface area contributed by atoms with Gasteiger partial charge in [-0.1, -0.05) is 13.8 Å². The Balaban J connectivity index is 1.81. The first kappa shape index (κ1) is 20.6. The van der Waals surface area contributed by atoms with Crippen LogP contribution in [-0.2, 0) is 20.9 Å². The zero-order chi connectivity index (χ0) is 20.3. The normalized spacial score (nSPS) is 19.0. The first-order chi connectivity index (χ1) is 13.3. The van der Waals surface area contributed by atoms with Crippen molar-refractivity contribution >= 4 is 23.2 Å². The Labute approximate surface area is 168 Å². The van der Waals surface area contributed by atoms with Crippen molar-refractivity contribution in [3.63, 3.8) is 0 Å². The lowest BCUT2D eigenvalue weighted by Gasteiger charge is -2.29. The van der Waals surface area contributed by atoms with Crippen LogP contribution in [0.4, 0.5) is 11.4 Å². The van der Waals surface area contributed by atoms with Gasteiger partial charge in [-0.25, -0.2) is 0 Å². The Morgan fingerprint density at radius 1 is 1.21 bits per heavy atom. The van der Waals surface area contributed by atoms with E-state index in [1.54, 1.807) is 0 Å². The summed E-state index contributed by atoms with van der Waals surface area (Å²) in [5.74, 6) is 0.322. The Morgan fingerprint density at radius 3 is 2.54 bits per heavy atom. The monoisotopic (exact) mass is 387 g/mol. The fourth-order valence-corrected chi connectivity index (χ4v) is 3.65. The van der Waals surface area contributed by atoms with Crippen LogP contribution in [0.5, 0.6) is 0 Å². The van der Waals surface area contributed by atoms with E-state index in [0.717, 1.165) is 49.2 Å². The molecule has 2 amide bonds. The van der Waals surface area contributed by atoms with Crippen molar-refractivity contribution in [1.82, 2.24) is 4.90 Å². The molecule has 1 saturated heterocycles. The van der Waals surface area contributed by atoms with Gasteiger partial charge in [0.1, 0.15) is 0 Å². The number of nitrogens with zero attached hydrogens (tertiary/aromatic N) is 2. The molecule has 6 heteroatoms. The zero-order valence-electron chi connectivity index (χ0n) is 17.5. The summed E-state index contributed by atoms with van der Waals surface area (Å²) in [6.07, 6.45) is 4.13. The number of ether oxygens (including phenoxy) is 1. The molecule has 154 valence electrons. The number of amides is 2. The van der Waals surface area contributed by atoms with Crippen molar-refractivity contribution in [3.05, 3.63) is 23.8 Å². The Bertz CT molecular complexity index is 707. The van der Waals surface area contributed by atoms with Crippen molar-refractivity contribution in [2.75, 3.05) is 37.5 Å². The highest BCUT2D eigenvalue weighted by molar-refractivity contribution is 5.94. The molecule has 28 heavy (non-hydrogen) atoms. The minimum absolute atomic E-state index is 0.0676. The topological polar surface area (TPSA) is 61.9 Å².